The van der Waals surface area contributed by atoms with Crippen molar-refractivity contribution in [1.82, 2.24) is 4.90 Å². The number of aryl methyl sites for hydroxylation is 2. The van der Waals surface area contributed by atoms with Crippen LogP contribution in [0.5, 0.6) is 0 Å². The first kappa shape index (κ1) is 19.6. The van der Waals surface area contributed by atoms with Gasteiger partial charge in [0.2, 0.25) is 0 Å². The van der Waals surface area contributed by atoms with Gasteiger partial charge in [0, 0.05) is 24.3 Å². The summed E-state index contributed by atoms with van der Waals surface area (Å²) in [7, 11) is 0. The fourth-order valence-electron chi connectivity index (χ4n) is 4.59. The van der Waals surface area contributed by atoms with Crippen LogP contribution in [0.1, 0.15) is 40.7 Å². The van der Waals surface area contributed by atoms with E-state index in [1.54, 1.807) is 0 Å². The maximum absolute atomic E-state index is 13.4. The SMILES string of the molecule is O=C(O)[C@@H]1CCCN(CCCN2C(=O)c3ccccc3CCc3ccccc32)C1. The van der Waals surface area contributed by atoms with Crippen molar-refractivity contribution in [1.29, 1.82) is 0 Å². The Balaban J connectivity index is 1.50. The number of aliphatic carboxylic acids is 1. The minimum absolute atomic E-state index is 0.0646. The number of carboxylic acids is 1. The van der Waals surface area contributed by atoms with Gasteiger partial charge in [0.05, 0.1) is 5.92 Å². The Bertz CT molecular complexity index is 895. The van der Waals surface area contributed by atoms with E-state index >= 15 is 0 Å². The second-order valence-corrected chi connectivity index (χ2v) is 8.07. The molecule has 0 aromatic heterocycles. The molecule has 2 heterocycles. The Hall–Kier alpha value is -2.66. The van der Waals surface area contributed by atoms with Crippen LogP contribution in [-0.2, 0) is 17.6 Å². The molecule has 2 aromatic rings. The van der Waals surface area contributed by atoms with Gasteiger partial charge >= 0.3 is 5.97 Å². The van der Waals surface area contributed by atoms with Gasteiger partial charge in [-0.15, -0.1) is 0 Å². The number of hydrogen-bond donors (Lipinski definition) is 1. The van der Waals surface area contributed by atoms with Crippen LogP contribution >= 0.6 is 0 Å². The van der Waals surface area contributed by atoms with Crippen LogP contribution in [0.4, 0.5) is 5.69 Å². The summed E-state index contributed by atoms with van der Waals surface area (Å²) in [5, 5.41) is 9.30. The fraction of sp³-hybridized carbons (Fsp3) is 0.417. The average Bonchev–Trinajstić information content (AvgIpc) is 2.75. The van der Waals surface area contributed by atoms with Crippen LogP contribution in [0.3, 0.4) is 0 Å². The number of carboxylic acid groups (broad SMARTS) is 1. The monoisotopic (exact) mass is 392 g/mol. The Morgan fingerprint density at radius 1 is 1.00 bits per heavy atom. The van der Waals surface area contributed by atoms with Crippen LogP contribution in [0.2, 0.25) is 0 Å². The summed E-state index contributed by atoms with van der Waals surface area (Å²) in [6, 6.07) is 16.1. The highest BCUT2D eigenvalue weighted by molar-refractivity contribution is 6.07. The van der Waals surface area contributed by atoms with E-state index < -0.39 is 5.97 Å². The highest BCUT2D eigenvalue weighted by atomic mass is 16.4. The number of para-hydroxylation sites is 1. The van der Waals surface area contributed by atoms with Crippen molar-refractivity contribution in [3.8, 4) is 0 Å². The number of fused-ring (bicyclic) bond motifs is 2. The van der Waals surface area contributed by atoms with Crippen molar-refractivity contribution in [2.45, 2.75) is 32.1 Å². The lowest BCUT2D eigenvalue weighted by Gasteiger charge is -2.32. The molecular weight excluding hydrogens is 364 g/mol. The summed E-state index contributed by atoms with van der Waals surface area (Å²) >= 11 is 0. The van der Waals surface area contributed by atoms with Crippen LogP contribution in [0.25, 0.3) is 0 Å². The first-order valence-corrected chi connectivity index (χ1v) is 10.6. The minimum Gasteiger partial charge on any atom is -0.481 e. The van der Waals surface area contributed by atoms with Crippen molar-refractivity contribution in [3.05, 3.63) is 65.2 Å². The van der Waals surface area contributed by atoms with Crippen LogP contribution in [-0.4, -0.2) is 48.1 Å². The molecule has 1 atom stereocenters. The van der Waals surface area contributed by atoms with Crippen molar-refractivity contribution >= 4 is 17.6 Å². The molecule has 29 heavy (non-hydrogen) atoms. The summed E-state index contributed by atoms with van der Waals surface area (Å²) in [4.78, 5) is 28.9. The molecule has 152 valence electrons. The lowest BCUT2D eigenvalue weighted by atomic mass is 9.95. The highest BCUT2D eigenvalue weighted by Gasteiger charge is 2.27. The van der Waals surface area contributed by atoms with Gasteiger partial charge in [-0.1, -0.05) is 36.4 Å². The van der Waals surface area contributed by atoms with Gasteiger partial charge in [-0.2, -0.15) is 0 Å². The van der Waals surface area contributed by atoms with Crippen LogP contribution in [0.15, 0.2) is 48.5 Å². The van der Waals surface area contributed by atoms with E-state index in [0.29, 0.717) is 13.1 Å². The topological polar surface area (TPSA) is 60.9 Å². The Morgan fingerprint density at radius 2 is 1.72 bits per heavy atom. The molecule has 5 nitrogen and oxygen atoms in total. The summed E-state index contributed by atoms with van der Waals surface area (Å²) in [5.41, 5.74) is 4.12. The van der Waals surface area contributed by atoms with Gasteiger partial charge in [-0.3, -0.25) is 9.59 Å². The maximum Gasteiger partial charge on any atom is 0.307 e. The van der Waals surface area contributed by atoms with E-state index in [-0.39, 0.29) is 11.8 Å². The second-order valence-electron chi connectivity index (χ2n) is 8.07. The third-order valence-corrected chi connectivity index (χ3v) is 6.15. The molecule has 2 aliphatic heterocycles. The Morgan fingerprint density at radius 3 is 2.55 bits per heavy atom. The lowest BCUT2D eigenvalue weighted by molar-refractivity contribution is -0.143. The molecule has 0 saturated carbocycles. The second kappa shape index (κ2) is 8.78. The molecule has 0 radical (unpaired) electrons. The van der Waals surface area contributed by atoms with Gasteiger partial charge in [-0.05, 0) is 68.5 Å². The molecule has 0 aliphatic carbocycles. The van der Waals surface area contributed by atoms with Crippen molar-refractivity contribution < 1.29 is 14.7 Å². The third kappa shape index (κ3) is 4.35. The standard InChI is InChI=1S/C24H28N2O3/c27-23-21-10-3-1-7-18(21)12-13-19-8-2-4-11-22(19)26(23)16-6-15-25-14-5-9-20(17-25)24(28)29/h1-4,7-8,10-11,20H,5-6,9,12-17H2,(H,28,29)/t20-/m1/s1. The molecule has 2 aliphatic rings. The van der Waals surface area contributed by atoms with Gasteiger partial charge in [0.15, 0.2) is 0 Å². The molecule has 0 spiro atoms. The van der Waals surface area contributed by atoms with Gasteiger partial charge in [-0.25, -0.2) is 0 Å². The summed E-state index contributed by atoms with van der Waals surface area (Å²) in [5.74, 6) is -0.895. The normalized spacial score (nSPS) is 19.8. The fourth-order valence-corrected chi connectivity index (χ4v) is 4.59. The first-order valence-electron chi connectivity index (χ1n) is 10.6. The number of rotatable bonds is 5. The molecule has 2 aromatic carbocycles. The quantitative estimate of drug-likeness (QED) is 0.844. The van der Waals surface area contributed by atoms with E-state index in [4.69, 9.17) is 0 Å². The number of piperidine rings is 1. The van der Waals surface area contributed by atoms with E-state index in [0.717, 1.165) is 62.0 Å². The van der Waals surface area contributed by atoms with Crippen molar-refractivity contribution in [2.75, 3.05) is 31.1 Å². The molecule has 1 amide bonds. The zero-order valence-corrected chi connectivity index (χ0v) is 16.7. The molecule has 1 fully saturated rings. The van der Waals surface area contributed by atoms with E-state index in [9.17, 15) is 14.7 Å². The highest BCUT2D eigenvalue weighted by Crippen LogP contribution is 2.28. The first-order chi connectivity index (χ1) is 14.1. The predicted molar refractivity (Wildman–Crippen MR) is 113 cm³/mol. The molecule has 4 rings (SSSR count). The number of anilines is 1. The molecule has 5 heteroatoms. The zero-order chi connectivity index (χ0) is 20.2. The average molecular weight is 392 g/mol. The zero-order valence-electron chi connectivity index (χ0n) is 16.7. The number of amides is 1. The minimum atomic E-state index is -0.695. The lowest BCUT2D eigenvalue weighted by Crippen LogP contribution is -2.41. The van der Waals surface area contributed by atoms with Crippen molar-refractivity contribution in [2.24, 2.45) is 5.92 Å². The largest absolute Gasteiger partial charge is 0.481 e. The molecule has 1 N–H and O–H groups in total. The number of benzene rings is 2. The summed E-state index contributed by atoms with van der Waals surface area (Å²) in [6.45, 7) is 3.01. The third-order valence-electron chi connectivity index (χ3n) is 6.15. The van der Waals surface area contributed by atoms with Gasteiger partial charge < -0.3 is 14.9 Å². The Kier molecular flexibility index (Phi) is 5.95. The number of carbonyl (C=O) groups is 2. The summed E-state index contributed by atoms with van der Waals surface area (Å²) in [6.07, 6.45) is 4.31. The van der Waals surface area contributed by atoms with Gasteiger partial charge in [0.1, 0.15) is 0 Å². The van der Waals surface area contributed by atoms with E-state index in [1.165, 1.54) is 5.56 Å². The molecule has 0 bridgehead atoms. The molecule has 0 unspecified atom stereocenters. The number of hydrogen-bond acceptors (Lipinski definition) is 3. The van der Waals surface area contributed by atoms with E-state index in [1.807, 2.05) is 41.3 Å². The van der Waals surface area contributed by atoms with Crippen LogP contribution < -0.4 is 4.90 Å². The smallest absolute Gasteiger partial charge is 0.307 e. The molecular formula is C24H28N2O3. The Labute approximate surface area is 171 Å². The van der Waals surface area contributed by atoms with Gasteiger partial charge in [0.25, 0.3) is 5.91 Å². The van der Waals surface area contributed by atoms with Crippen LogP contribution in [0, 0.1) is 5.92 Å². The van der Waals surface area contributed by atoms with Crippen molar-refractivity contribution in [3.63, 3.8) is 0 Å². The number of carbonyl (C=O) groups excluding carboxylic acids is 1. The van der Waals surface area contributed by atoms with E-state index in [2.05, 4.69) is 17.0 Å². The predicted octanol–water partition coefficient (Wildman–Crippen LogP) is 3.62. The maximum atomic E-state index is 13.4. The molecule has 1 saturated heterocycles. The number of likely N-dealkylation sites (tertiary alicyclic amines) is 1. The summed E-state index contributed by atoms with van der Waals surface area (Å²) < 4.78 is 0. The number of nitrogens with zero attached hydrogens (tertiary/aromatic N) is 2.